The number of nitrogens with zero attached hydrogens (tertiary/aromatic N) is 2. The van der Waals surface area contributed by atoms with Crippen molar-refractivity contribution in [3.8, 4) is 0 Å². The van der Waals surface area contributed by atoms with E-state index in [1.807, 2.05) is 32.4 Å². The Labute approximate surface area is 129 Å². The van der Waals surface area contributed by atoms with Gasteiger partial charge in [0.2, 0.25) is 10.0 Å². The third-order valence-corrected chi connectivity index (χ3v) is 4.95. The number of hydrogen-bond acceptors (Lipinski definition) is 3. The second-order valence-electron chi connectivity index (χ2n) is 7.14. The molecule has 1 rings (SSSR count). The molecule has 0 radical (unpaired) electrons. The van der Waals surface area contributed by atoms with Crippen LogP contribution in [0.25, 0.3) is 0 Å². The molecule has 0 bridgehead atoms. The number of aryl methyl sites for hydroxylation is 1. The molecule has 0 unspecified atom stereocenters. The van der Waals surface area contributed by atoms with Crippen molar-refractivity contribution < 1.29 is 8.42 Å². The van der Waals surface area contributed by atoms with Gasteiger partial charge in [0.05, 0.1) is 0 Å². The monoisotopic (exact) mass is 315 g/mol. The SMILES string of the molecule is CC(C)NCc1cc(S(=O)(=O)N(C)CC(C)(C)C)cn1C. The molecule has 5 nitrogen and oxygen atoms in total. The minimum absolute atomic E-state index is 0.0708. The highest BCUT2D eigenvalue weighted by Crippen LogP contribution is 2.22. The Balaban J connectivity index is 2.96. The number of rotatable bonds is 6. The van der Waals surface area contributed by atoms with Crippen molar-refractivity contribution in [2.24, 2.45) is 12.5 Å². The van der Waals surface area contributed by atoms with Gasteiger partial charge in [-0.15, -0.1) is 0 Å². The average Bonchev–Trinajstić information content (AvgIpc) is 2.66. The predicted octanol–water partition coefficient (Wildman–Crippen LogP) is 2.19. The van der Waals surface area contributed by atoms with Crippen LogP contribution >= 0.6 is 0 Å². The van der Waals surface area contributed by atoms with E-state index >= 15 is 0 Å². The molecule has 0 aliphatic rings. The summed E-state index contributed by atoms with van der Waals surface area (Å²) < 4.78 is 28.5. The fourth-order valence-electron chi connectivity index (χ4n) is 2.14. The second kappa shape index (κ2) is 6.50. The molecule has 0 fully saturated rings. The van der Waals surface area contributed by atoms with E-state index < -0.39 is 10.0 Å². The van der Waals surface area contributed by atoms with Crippen LogP contribution in [-0.4, -0.2) is 36.9 Å². The fraction of sp³-hybridized carbons (Fsp3) is 0.733. The third kappa shape index (κ3) is 5.13. The van der Waals surface area contributed by atoms with E-state index in [-0.39, 0.29) is 5.41 Å². The Hall–Kier alpha value is -0.850. The van der Waals surface area contributed by atoms with Crippen molar-refractivity contribution in [3.63, 3.8) is 0 Å². The lowest BCUT2D eigenvalue weighted by Crippen LogP contribution is -2.34. The molecule has 0 aliphatic heterocycles. The summed E-state index contributed by atoms with van der Waals surface area (Å²) in [5.74, 6) is 0. The highest BCUT2D eigenvalue weighted by atomic mass is 32.2. The van der Waals surface area contributed by atoms with E-state index in [9.17, 15) is 8.42 Å². The van der Waals surface area contributed by atoms with Crippen LogP contribution in [0.3, 0.4) is 0 Å². The average molecular weight is 315 g/mol. The molecular formula is C15H29N3O2S. The van der Waals surface area contributed by atoms with E-state index in [2.05, 4.69) is 19.2 Å². The zero-order valence-electron chi connectivity index (χ0n) is 14.3. The Morgan fingerprint density at radius 1 is 1.33 bits per heavy atom. The highest BCUT2D eigenvalue weighted by molar-refractivity contribution is 7.89. The molecule has 0 saturated heterocycles. The zero-order valence-corrected chi connectivity index (χ0v) is 15.1. The standard InChI is InChI=1S/C15H29N3O2S/c1-12(2)16-9-13-8-14(10-17(13)6)21(19,20)18(7)11-15(3,4)5/h8,10,12,16H,9,11H2,1-7H3. The van der Waals surface area contributed by atoms with E-state index in [0.717, 1.165) is 5.69 Å². The molecule has 1 aromatic rings. The maximum absolute atomic E-state index is 12.6. The Morgan fingerprint density at radius 2 is 1.90 bits per heavy atom. The van der Waals surface area contributed by atoms with E-state index in [0.29, 0.717) is 24.0 Å². The molecular weight excluding hydrogens is 286 g/mol. The van der Waals surface area contributed by atoms with Crippen molar-refractivity contribution in [1.82, 2.24) is 14.2 Å². The first-order chi connectivity index (χ1) is 9.43. The molecule has 122 valence electrons. The summed E-state index contributed by atoms with van der Waals surface area (Å²) in [7, 11) is 0.0860. The fourth-order valence-corrected chi connectivity index (χ4v) is 3.63. The van der Waals surface area contributed by atoms with Gasteiger partial charge in [0.25, 0.3) is 0 Å². The molecule has 0 spiro atoms. The molecule has 0 saturated carbocycles. The summed E-state index contributed by atoms with van der Waals surface area (Å²) in [6, 6.07) is 2.12. The topological polar surface area (TPSA) is 54.3 Å². The summed E-state index contributed by atoms with van der Waals surface area (Å²) in [5, 5.41) is 3.31. The van der Waals surface area contributed by atoms with E-state index in [1.54, 1.807) is 19.3 Å². The first-order valence-electron chi connectivity index (χ1n) is 7.28. The maximum Gasteiger partial charge on any atom is 0.244 e. The molecule has 0 atom stereocenters. The Bertz CT molecular complexity index is 568. The molecule has 0 aromatic carbocycles. The second-order valence-corrected chi connectivity index (χ2v) is 9.18. The van der Waals surface area contributed by atoms with E-state index in [4.69, 9.17) is 0 Å². The molecule has 0 amide bonds. The summed E-state index contributed by atoms with van der Waals surface area (Å²) >= 11 is 0. The smallest absolute Gasteiger partial charge is 0.244 e. The molecule has 1 N–H and O–H groups in total. The van der Waals surface area contributed by atoms with Crippen LogP contribution in [0.5, 0.6) is 0 Å². The lowest BCUT2D eigenvalue weighted by molar-refractivity contribution is 0.311. The van der Waals surface area contributed by atoms with Gasteiger partial charge in [-0.2, -0.15) is 0 Å². The van der Waals surface area contributed by atoms with Crippen molar-refractivity contribution in [2.45, 2.75) is 52.1 Å². The van der Waals surface area contributed by atoms with Gasteiger partial charge in [-0.25, -0.2) is 12.7 Å². The van der Waals surface area contributed by atoms with E-state index in [1.165, 1.54) is 4.31 Å². The molecule has 6 heteroatoms. The lowest BCUT2D eigenvalue weighted by Gasteiger charge is -2.25. The van der Waals surface area contributed by atoms with Crippen LogP contribution < -0.4 is 5.32 Å². The number of hydrogen-bond donors (Lipinski definition) is 1. The van der Waals surface area contributed by atoms with Crippen LogP contribution in [0.4, 0.5) is 0 Å². The quantitative estimate of drug-likeness (QED) is 0.875. The van der Waals surface area contributed by atoms with Gasteiger partial charge < -0.3 is 9.88 Å². The van der Waals surface area contributed by atoms with Gasteiger partial charge in [-0.1, -0.05) is 34.6 Å². The first-order valence-corrected chi connectivity index (χ1v) is 8.72. The van der Waals surface area contributed by atoms with Gasteiger partial charge in [-0.05, 0) is 11.5 Å². The van der Waals surface area contributed by atoms with Crippen molar-refractivity contribution >= 4 is 10.0 Å². The van der Waals surface area contributed by atoms with Gasteiger partial charge in [-0.3, -0.25) is 0 Å². The van der Waals surface area contributed by atoms with Gasteiger partial charge >= 0.3 is 0 Å². The minimum atomic E-state index is -3.43. The lowest BCUT2D eigenvalue weighted by atomic mass is 9.97. The maximum atomic E-state index is 12.6. The largest absolute Gasteiger partial charge is 0.352 e. The summed E-state index contributed by atoms with van der Waals surface area (Å²) in [5.41, 5.74) is 0.893. The van der Waals surface area contributed by atoms with Crippen LogP contribution in [-0.2, 0) is 23.6 Å². The highest BCUT2D eigenvalue weighted by Gasteiger charge is 2.26. The minimum Gasteiger partial charge on any atom is -0.352 e. The van der Waals surface area contributed by atoms with Crippen molar-refractivity contribution in [2.75, 3.05) is 13.6 Å². The molecule has 1 aromatic heterocycles. The van der Waals surface area contributed by atoms with Crippen molar-refractivity contribution in [1.29, 1.82) is 0 Å². The summed E-state index contributed by atoms with van der Waals surface area (Å²) in [6.07, 6.45) is 1.69. The Kier molecular flexibility index (Phi) is 5.63. The predicted molar refractivity (Wildman–Crippen MR) is 86.7 cm³/mol. The van der Waals surface area contributed by atoms with Crippen LogP contribution in [0.2, 0.25) is 0 Å². The number of aromatic nitrogens is 1. The third-order valence-electron chi connectivity index (χ3n) is 3.18. The summed E-state index contributed by atoms with van der Waals surface area (Å²) in [6.45, 7) is 11.4. The van der Waals surface area contributed by atoms with Gasteiger partial charge in [0, 0.05) is 45.1 Å². The van der Waals surface area contributed by atoms with Crippen LogP contribution in [0, 0.1) is 5.41 Å². The van der Waals surface area contributed by atoms with Gasteiger partial charge in [0.15, 0.2) is 0 Å². The molecule has 0 aliphatic carbocycles. The number of sulfonamides is 1. The number of nitrogens with one attached hydrogen (secondary N) is 1. The van der Waals surface area contributed by atoms with Gasteiger partial charge in [0.1, 0.15) is 4.90 Å². The normalized spacial score (nSPS) is 13.4. The molecule has 1 heterocycles. The summed E-state index contributed by atoms with van der Waals surface area (Å²) in [4.78, 5) is 0.359. The van der Waals surface area contributed by atoms with Crippen LogP contribution in [0.15, 0.2) is 17.2 Å². The zero-order chi connectivity index (χ0) is 16.4. The van der Waals surface area contributed by atoms with Crippen molar-refractivity contribution in [3.05, 3.63) is 18.0 Å². The first kappa shape index (κ1) is 18.2. The molecule has 21 heavy (non-hydrogen) atoms. The Morgan fingerprint density at radius 3 is 2.38 bits per heavy atom. The van der Waals surface area contributed by atoms with Crippen LogP contribution in [0.1, 0.15) is 40.3 Å².